The van der Waals surface area contributed by atoms with Gasteiger partial charge in [-0.2, -0.15) is 0 Å². The standard InChI is InChI=1S/C13H15ClN2O/c1-3-4-8-16-13(2,12(15)17)10-6-5-7-11(14)9-10/h5-7,9,16H,8H2,1-2H3,(H2,15,17)/t13-/m1/s1. The number of primary amides is 1. The van der Waals surface area contributed by atoms with Gasteiger partial charge in [0.2, 0.25) is 5.91 Å². The summed E-state index contributed by atoms with van der Waals surface area (Å²) < 4.78 is 0. The summed E-state index contributed by atoms with van der Waals surface area (Å²) in [5, 5.41) is 3.60. The lowest BCUT2D eigenvalue weighted by Gasteiger charge is -2.27. The minimum absolute atomic E-state index is 0.391. The fourth-order valence-electron chi connectivity index (χ4n) is 1.44. The topological polar surface area (TPSA) is 55.1 Å². The molecule has 1 atom stereocenters. The van der Waals surface area contributed by atoms with Gasteiger partial charge in [-0.1, -0.05) is 29.7 Å². The van der Waals surface area contributed by atoms with Gasteiger partial charge in [0.05, 0.1) is 6.54 Å². The number of carbonyl (C=O) groups excluding carboxylic acids is 1. The summed E-state index contributed by atoms with van der Waals surface area (Å²) >= 11 is 5.91. The molecule has 0 aliphatic rings. The predicted molar refractivity (Wildman–Crippen MR) is 69.5 cm³/mol. The Bertz CT molecular complexity index is 476. The van der Waals surface area contributed by atoms with Crippen molar-refractivity contribution in [3.63, 3.8) is 0 Å². The van der Waals surface area contributed by atoms with Crippen molar-refractivity contribution in [3.8, 4) is 11.8 Å². The van der Waals surface area contributed by atoms with Gasteiger partial charge in [-0.05, 0) is 31.5 Å². The molecule has 0 spiro atoms. The van der Waals surface area contributed by atoms with Gasteiger partial charge < -0.3 is 5.73 Å². The molecular weight excluding hydrogens is 236 g/mol. The molecule has 90 valence electrons. The van der Waals surface area contributed by atoms with Crippen LogP contribution in [0.25, 0.3) is 0 Å². The van der Waals surface area contributed by atoms with Crippen molar-refractivity contribution in [3.05, 3.63) is 34.9 Å². The molecule has 1 aromatic rings. The SMILES string of the molecule is CC#CCN[C@@](C)(C(N)=O)c1cccc(Cl)c1. The van der Waals surface area contributed by atoms with Gasteiger partial charge in [0.25, 0.3) is 0 Å². The molecule has 0 saturated heterocycles. The number of halogens is 1. The van der Waals surface area contributed by atoms with Crippen LogP contribution < -0.4 is 11.1 Å². The summed E-state index contributed by atoms with van der Waals surface area (Å²) in [4.78, 5) is 11.6. The highest BCUT2D eigenvalue weighted by molar-refractivity contribution is 6.30. The zero-order valence-electron chi connectivity index (χ0n) is 9.88. The highest BCUT2D eigenvalue weighted by Gasteiger charge is 2.32. The summed E-state index contributed by atoms with van der Waals surface area (Å²) in [6.45, 7) is 3.85. The summed E-state index contributed by atoms with van der Waals surface area (Å²) in [7, 11) is 0. The van der Waals surface area contributed by atoms with Gasteiger partial charge in [0.15, 0.2) is 0 Å². The number of hydrogen-bond acceptors (Lipinski definition) is 2. The molecular formula is C13H15ClN2O. The van der Waals surface area contributed by atoms with Crippen molar-refractivity contribution in [1.82, 2.24) is 5.32 Å². The Balaban J connectivity index is 3.05. The molecule has 3 N–H and O–H groups in total. The number of nitrogens with one attached hydrogen (secondary N) is 1. The van der Waals surface area contributed by atoms with Crippen molar-refractivity contribution in [2.24, 2.45) is 5.73 Å². The second-order valence-corrected chi connectivity index (χ2v) is 4.22. The minimum atomic E-state index is -0.964. The monoisotopic (exact) mass is 250 g/mol. The van der Waals surface area contributed by atoms with E-state index in [2.05, 4.69) is 17.2 Å². The number of carbonyl (C=O) groups is 1. The molecule has 0 aromatic heterocycles. The van der Waals surface area contributed by atoms with E-state index in [1.807, 2.05) is 6.07 Å². The molecule has 0 aliphatic heterocycles. The van der Waals surface area contributed by atoms with E-state index in [0.29, 0.717) is 11.6 Å². The second-order valence-electron chi connectivity index (χ2n) is 3.78. The number of nitrogens with two attached hydrogens (primary N) is 1. The van der Waals surface area contributed by atoms with E-state index in [4.69, 9.17) is 17.3 Å². The van der Waals surface area contributed by atoms with E-state index >= 15 is 0 Å². The van der Waals surface area contributed by atoms with Crippen LogP contribution in [0.5, 0.6) is 0 Å². The average molecular weight is 251 g/mol. The van der Waals surface area contributed by atoms with E-state index in [0.717, 1.165) is 5.56 Å². The smallest absolute Gasteiger partial charge is 0.242 e. The van der Waals surface area contributed by atoms with Gasteiger partial charge in [-0.15, -0.1) is 5.92 Å². The van der Waals surface area contributed by atoms with Crippen molar-refractivity contribution in [2.75, 3.05) is 6.54 Å². The number of benzene rings is 1. The highest BCUT2D eigenvalue weighted by Crippen LogP contribution is 2.23. The molecule has 1 aromatic carbocycles. The van der Waals surface area contributed by atoms with E-state index in [1.54, 1.807) is 32.0 Å². The van der Waals surface area contributed by atoms with Crippen LogP contribution in [-0.2, 0) is 10.3 Å². The summed E-state index contributed by atoms with van der Waals surface area (Å²) in [6.07, 6.45) is 0. The number of amides is 1. The zero-order chi connectivity index (χ0) is 12.9. The van der Waals surface area contributed by atoms with Gasteiger partial charge >= 0.3 is 0 Å². The highest BCUT2D eigenvalue weighted by atomic mass is 35.5. The first kappa shape index (κ1) is 13.6. The Morgan fingerprint density at radius 2 is 2.29 bits per heavy atom. The second kappa shape index (κ2) is 5.72. The lowest BCUT2D eigenvalue weighted by atomic mass is 9.91. The van der Waals surface area contributed by atoms with E-state index in [9.17, 15) is 4.79 Å². The largest absolute Gasteiger partial charge is 0.368 e. The first-order valence-electron chi connectivity index (χ1n) is 5.21. The third kappa shape index (κ3) is 3.23. The van der Waals surface area contributed by atoms with Crippen LogP contribution in [-0.4, -0.2) is 12.5 Å². The van der Waals surface area contributed by atoms with Crippen LogP contribution in [0.15, 0.2) is 24.3 Å². The number of rotatable bonds is 4. The summed E-state index contributed by atoms with van der Waals surface area (Å²) in [5.41, 5.74) is 5.21. The van der Waals surface area contributed by atoms with Crippen molar-refractivity contribution in [1.29, 1.82) is 0 Å². The maximum Gasteiger partial charge on any atom is 0.242 e. The molecule has 4 heteroatoms. The maximum absolute atomic E-state index is 11.6. The van der Waals surface area contributed by atoms with Gasteiger partial charge in [0.1, 0.15) is 5.54 Å². The van der Waals surface area contributed by atoms with Crippen LogP contribution in [0.4, 0.5) is 0 Å². The molecule has 0 aliphatic carbocycles. The first-order chi connectivity index (χ1) is 8.00. The lowest BCUT2D eigenvalue weighted by molar-refractivity contribution is -0.124. The van der Waals surface area contributed by atoms with Crippen LogP contribution in [0.2, 0.25) is 5.02 Å². The third-order valence-electron chi connectivity index (χ3n) is 2.60. The molecule has 0 fully saturated rings. The maximum atomic E-state index is 11.6. The van der Waals surface area contributed by atoms with Gasteiger partial charge in [0, 0.05) is 5.02 Å². The molecule has 0 unspecified atom stereocenters. The normalized spacial score (nSPS) is 13.4. The van der Waals surface area contributed by atoms with E-state index < -0.39 is 11.4 Å². The molecule has 0 saturated carbocycles. The Morgan fingerprint density at radius 3 is 2.82 bits per heavy atom. The molecule has 0 bridgehead atoms. The number of hydrogen-bond donors (Lipinski definition) is 2. The lowest BCUT2D eigenvalue weighted by Crippen LogP contribution is -2.50. The minimum Gasteiger partial charge on any atom is -0.368 e. The molecule has 0 radical (unpaired) electrons. The van der Waals surface area contributed by atoms with Gasteiger partial charge in [-0.25, -0.2) is 0 Å². The Morgan fingerprint density at radius 1 is 1.59 bits per heavy atom. The summed E-state index contributed by atoms with van der Waals surface area (Å²) in [5.74, 6) is 5.13. The van der Waals surface area contributed by atoms with Crippen LogP contribution >= 0.6 is 11.6 Å². The Hall–Kier alpha value is -1.50. The third-order valence-corrected chi connectivity index (χ3v) is 2.84. The Kier molecular flexibility index (Phi) is 4.56. The average Bonchev–Trinajstić information content (AvgIpc) is 2.29. The Labute approximate surface area is 106 Å². The zero-order valence-corrected chi connectivity index (χ0v) is 10.6. The molecule has 1 rings (SSSR count). The molecule has 0 heterocycles. The van der Waals surface area contributed by atoms with E-state index in [-0.39, 0.29) is 0 Å². The van der Waals surface area contributed by atoms with Crippen LogP contribution in [0.3, 0.4) is 0 Å². The first-order valence-corrected chi connectivity index (χ1v) is 5.59. The van der Waals surface area contributed by atoms with Crippen LogP contribution in [0, 0.1) is 11.8 Å². The van der Waals surface area contributed by atoms with Crippen molar-refractivity contribution in [2.45, 2.75) is 19.4 Å². The fraction of sp³-hybridized carbons (Fsp3) is 0.308. The summed E-state index contributed by atoms with van der Waals surface area (Å²) in [6, 6.07) is 7.06. The predicted octanol–water partition coefficient (Wildman–Crippen LogP) is 1.65. The van der Waals surface area contributed by atoms with E-state index in [1.165, 1.54) is 0 Å². The van der Waals surface area contributed by atoms with Crippen molar-refractivity contribution >= 4 is 17.5 Å². The van der Waals surface area contributed by atoms with Crippen molar-refractivity contribution < 1.29 is 4.79 Å². The van der Waals surface area contributed by atoms with Crippen LogP contribution in [0.1, 0.15) is 19.4 Å². The fourth-order valence-corrected chi connectivity index (χ4v) is 1.63. The quantitative estimate of drug-likeness (QED) is 0.799. The molecule has 3 nitrogen and oxygen atoms in total. The van der Waals surface area contributed by atoms with Gasteiger partial charge in [-0.3, -0.25) is 10.1 Å². The molecule has 1 amide bonds. The molecule has 17 heavy (non-hydrogen) atoms.